The molecule has 0 radical (unpaired) electrons. The molecule has 1 fully saturated rings. The Labute approximate surface area is 95.0 Å². The molecular weight excluding hydrogens is 258 g/mol. The van der Waals surface area contributed by atoms with Gasteiger partial charge in [-0.1, -0.05) is 4.89 Å². The normalized spacial score (nSPS) is 24.7. The van der Waals surface area contributed by atoms with Crippen molar-refractivity contribution in [3.63, 3.8) is 0 Å². The Hall–Kier alpha value is -0.220. The smallest absolute Gasteiger partial charge is 0.237 e. The Morgan fingerprint density at radius 2 is 2.06 bits per heavy atom. The summed E-state index contributed by atoms with van der Waals surface area (Å²) in [6.07, 6.45) is 0.116. The highest BCUT2D eigenvalue weighted by atomic mass is 32.2. The second kappa shape index (κ2) is 5.41. The van der Waals surface area contributed by atoms with E-state index in [1.54, 1.807) is 0 Å². The number of sulfonamides is 1. The maximum Gasteiger partial charge on any atom is 0.237 e. The van der Waals surface area contributed by atoms with Crippen LogP contribution in [0.15, 0.2) is 0 Å². The third-order valence-electron chi connectivity index (χ3n) is 2.19. The van der Waals surface area contributed by atoms with E-state index < -0.39 is 25.1 Å². The SMILES string of the molecule is COCCONS(=O)(=O)C1CCS(=O)(=O)C1. The van der Waals surface area contributed by atoms with E-state index in [2.05, 4.69) is 9.57 Å². The lowest BCUT2D eigenvalue weighted by molar-refractivity contribution is 0.0435. The monoisotopic (exact) mass is 273 g/mol. The van der Waals surface area contributed by atoms with Gasteiger partial charge in [0, 0.05) is 7.11 Å². The molecule has 0 amide bonds. The summed E-state index contributed by atoms with van der Waals surface area (Å²) in [5.41, 5.74) is 0. The zero-order valence-corrected chi connectivity index (χ0v) is 10.5. The molecule has 1 atom stereocenters. The van der Waals surface area contributed by atoms with Crippen LogP contribution in [-0.4, -0.2) is 53.9 Å². The van der Waals surface area contributed by atoms with E-state index in [1.165, 1.54) is 7.11 Å². The molecule has 0 aliphatic carbocycles. The molecule has 1 aliphatic rings. The molecule has 1 unspecified atom stereocenters. The predicted octanol–water partition coefficient (Wildman–Crippen LogP) is -1.33. The molecule has 0 aromatic rings. The van der Waals surface area contributed by atoms with Gasteiger partial charge in [0.05, 0.1) is 30.0 Å². The Morgan fingerprint density at radius 3 is 2.56 bits per heavy atom. The topological polar surface area (TPSA) is 98.8 Å². The van der Waals surface area contributed by atoms with Crippen LogP contribution in [0.1, 0.15) is 6.42 Å². The molecule has 1 heterocycles. The molecular formula is C7H15NO6S2. The first-order chi connectivity index (χ1) is 7.37. The highest BCUT2D eigenvalue weighted by Crippen LogP contribution is 2.17. The largest absolute Gasteiger partial charge is 0.382 e. The number of nitrogens with one attached hydrogen (secondary N) is 1. The summed E-state index contributed by atoms with van der Waals surface area (Å²) in [6, 6.07) is 0. The molecule has 7 nitrogen and oxygen atoms in total. The number of hydrogen-bond acceptors (Lipinski definition) is 6. The zero-order chi connectivity index (χ0) is 12.2. The van der Waals surface area contributed by atoms with Gasteiger partial charge in [0.25, 0.3) is 0 Å². The molecule has 96 valence electrons. The van der Waals surface area contributed by atoms with Gasteiger partial charge in [-0.15, -0.1) is 0 Å². The van der Waals surface area contributed by atoms with Crippen molar-refractivity contribution in [3.05, 3.63) is 0 Å². The Kier molecular flexibility index (Phi) is 4.68. The van der Waals surface area contributed by atoms with Crippen LogP contribution in [0.5, 0.6) is 0 Å². The minimum absolute atomic E-state index is 0.0786. The quantitative estimate of drug-likeness (QED) is 0.475. The summed E-state index contributed by atoms with van der Waals surface area (Å²) in [6.45, 7) is 0.334. The highest BCUT2D eigenvalue weighted by Gasteiger charge is 2.37. The average Bonchev–Trinajstić information content (AvgIpc) is 2.54. The Morgan fingerprint density at radius 1 is 1.38 bits per heavy atom. The van der Waals surface area contributed by atoms with Gasteiger partial charge in [0.1, 0.15) is 0 Å². The lowest BCUT2D eigenvalue weighted by Crippen LogP contribution is -2.35. The van der Waals surface area contributed by atoms with E-state index >= 15 is 0 Å². The van der Waals surface area contributed by atoms with E-state index in [4.69, 9.17) is 0 Å². The van der Waals surface area contributed by atoms with Crippen LogP contribution in [-0.2, 0) is 29.4 Å². The average molecular weight is 273 g/mol. The highest BCUT2D eigenvalue weighted by molar-refractivity contribution is 7.95. The molecule has 16 heavy (non-hydrogen) atoms. The van der Waals surface area contributed by atoms with Crippen LogP contribution in [0.25, 0.3) is 0 Å². The fraction of sp³-hybridized carbons (Fsp3) is 1.00. The first-order valence-corrected chi connectivity index (χ1v) is 8.06. The van der Waals surface area contributed by atoms with Crippen LogP contribution in [0.3, 0.4) is 0 Å². The Bertz CT molecular complexity index is 414. The first kappa shape index (κ1) is 13.8. The van der Waals surface area contributed by atoms with Gasteiger partial charge in [-0.3, -0.25) is 4.84 Å². The van der Waals surface area contributed by atoms with Gasteiger partial charge < -0.3 is 4.74 Å². The summed E-state index contributed by atoms with van der Waals surface area (Å²) < 4.78 is 50.0. The summed E-state index contributed by atoms with van der Waals surface area (Å²) in [7, 11) is -5.47. The predicted molar refractivity (Wildman–Crippen MR) is 56.9 cm³/mol. The summed E-state index contributed by atoms with van der Waals surface area (Å²) in [5, 5.41) is -0.917. The minimum Gasteiger partial charge on any atom is -0.382 e. The molecule has 1 N–H and O–H groups in total. The summed E-state index contributed by atoms with van der Waals surface area (Å²) >= 11 is 0. The maximum atomic E-state index is 11.5. The van der Waals surface area contributed by atoms with Gasteiger partial charge in [0.15, 0.2) is 9.84 Å². The summed E-state index contributed by atoms with van der Waals surface area (Å²) in [4.78, 5) is 6.56. The lowest BCUT2D eigenvalue weighted by atomic mass is 10.4. The van der Waals surface area contributed by atoms with Crippen LogP contribution in [0, 0.1) is 0 Å². The van der Waals surface area contributed by atoms with E-state index in [9.17, 15) is 16.8 Å². The molecule has 1 rings (SSSR count). The molecule has 0 spiro atoms. The standard InChI is InChI=1S/C7H15NO6S2/c1-13-3-4-14-8-16(11,12)7-2-5-15(9,10)6-7/h7-8H,2-6H2,1H3. The van der Waals surface area contributed by atoms with E-state index in [0.717, 1.165) is 0 Å². The van der Waals surface area contributed by atoms with Crippen molar-refractivity contribution in [3.8, 4) is 0 Å². The number of methoxy groups -OCH3 is 1. The number of sulfone groups is 1. The zero-order valence-electron chi connectivity index (χ0n) is 8.88. The number of hydrogen-bond donors (Lipinski definition) is 1. The molecule has 1 aliphatic heterocycles. The summed E-state index contributed by atoms with van der Waals surface area (Å²) in [5.74, 6) is -0.424. The molecule has 0 bridgehead atoms. The van der Waals surface area contributed by atoms with Crippen molar-refractivity contribution >= 4 is 19.9 Å². The van der Waals surface area contributed by atoms with Crippen molar-refractivity contribution in [1.82, 2.24) is 4.89 Å². The van der Waals surface area contributed by atoms with Crippen molar-refractivity contribution in [2.45, 2.75) is 11.7 Å². The third-order valence-corrected chi connectivity index (χ3v) is 5.80. The van der Waals surface area contributed by atoms with Crippen LogP contribution < -0.4 is 4.89 Å². The Balaban J connectivity index is 2.46. The fourth-order valence-electron chi connectivity index (χ4n) is 1.32. The van der Waals surface area contributed by atoms with Crippen molar-refractivity contribution in [1.29, 1.82) is 0 Å². The van der Waals surface area contributed by atoms with Crippen LogP contribution in [0.4, 0.5) is 0 Å². The van der Waals surface area contributed by atoms with Gasteiger partial charge in [-0.05, 0) is 6.42 Å². The van der Waals surface area contributed by atoms with E-state index in [1.807, 2.05) is 4.89 Å². The fourth-order valence-corrected chi connectivity index (χ4v) is 5.17. The van der Waals surface area contributed by atoms with Crippen molar-refractivity contribution in [2.24, 2.45) is 0 Å². The number of rotatable bonds is 6. The maximum absolute atomic E-state index is 11.5. The minimum atomic E-state index is -3.72. The lowest BCUT2D eigenvalue weighted by Gasteiger charge is -2.10. The van der Waals surface area contributed by atoms with Gasteiger partial charge in [0.2, 0.25) is 10.0 Å². The number of ether oxygens (including phenoxy) is 1. The van der Waals surface area contributed by atoms with Crippen LogP contribution in [0.2, 0.25) is 0 Å². The molecule has 9 heteroatoms. The van der Waals surface area contributed by atoms with E-state index in [-0.39, 0.29) is 31.1 Å². The first-order valence-electron chi connectivity index (χ1n) is 4.69. The molecule has 1 saturated heterocycles. The van der Waals surface area contributed by atoms with Gasteiger partial charge >= 0.3 is 0 Å². The van der Waals surface area contributed by atoms with Gasteiger partial charge in [-0.2, -0.15) is 0 Å². The molecule has 0 saturated carbocycles. The van der Waals surface area contributed by atoms with Gasteiger partial charge in [-0.25, -0.2) is 16.8 Å². The third kappa shape index (κ3) is 3.98. The molecule has 0 aromatic carbocycles. The van der Waals surface area contributed by atoms with Crippen molar-refractivity contribution < 1.29 is 26.4 Å². The van der Waals surface area contributed by atoms with Crippen LogP contribution >= 0.6 is 0 Å². The second-order valence-electron chi connectivity index (χ2n) is 3.49. The molecule has 0 aromatic heterocycles. The second-order valence-corrected chi connectivity index (χ2v) is 7.65. The van der Waals surface area contributed by atoms with Crippen molar-refractivity contribution in [2.75, 3.05) is 31.8 Å². The van der Waals surface area contributed by atoms with E-state index in [0.29, 0.717) is 0 Å².